The minimum absolute atomic E-state index is 0.155. The Bertz CT molecular complexity index is 1350. The van der Waals surface area contributed by atoms with Crippen LogP contribution in [0.4, 0.5) is 17.1 Å². The smallest absolute Gasteiger partial charge is 0.292 e. The van der Waals surface area contributed by atoms with Gasteiger partial charge in [0.1, 0.15) is 5.69 Å². The third-order valence-electron chi connectivity index (χ3n) is 7.12. The molecule has 3 aromatic rings. The second-order valence-corrected chi connectivity index (χ2v) is 10.1. The molecular formula is C27H28ClN5O3S. The molecule has 2 saturated heterocycles. The minimum Gasteiger partial charge on any atom is -0.368 e. The molecular weight excluding hydrogens is 510 g/mol. The number of nitrogens with zero attached hydrogens (tertiary/aromatic N) is 4. The van der Waals surface area contributed by atoms with Gasteiger partial charge in [0.25, 0.3) is 11.6 Å². The number of carbonyl (C=O) groups excluding carboxylic acids is 1. The number of carbonyl (C=O) groups is 1. The zero-order chi connectivity index (χ0) is 25.9. The first kappa shape index (κ1) is 25.2. The molecule has 1 amide bonds. The summed E-state index contributed by atoms with van der Waals surface area (Å²) in [4.78, 5) is 30.7. The molecule has 0 aromatic heterocycles. The first-order chi connectivity index (χ1) is 17.9. The number of rotatable bonds is 4. The van der Waals surface area contributed by atoms with Gasteiger partial charge in [-0.1, -0.05) is 35.9 Å². The number of anilines is 2. The van der Waals surface area contributed by atoms with Gasteiger partial charge in [0.15, 0.2) is 5.11 Å². The van der Waals surface area contributed by atoms with Gasteiger partial charge in [0, 0.05) is 67.0 Å². The molecule has 3 aromatic carbocycles. The predicted molar refractivity (Wildman–Crippen MR) is 152 cm³/mol. The lowest BCUT2D eigenvalue weighted by atomic mass is 10.0. The molecule has 0 spiro atoms. The molecule has 2 aliphatic heterocycles. The van der Waals surface area contributed by atoms with Gasteiger partial charge < -0.3 is 14.7 Å². The van der Waals surface area contributed by atoms with E-state index in [4.69, 9.17) is 23.8 Å². The molecule has 1 N–H and O–H groups in total. The normalized spacial score (nSPS) is 16.1. The van der Waals surface area contributed by atoms with Gasteiger partial charge in [0.05, 0.1) is 4.92 Å². The fraction of sp³-hybridized carbons (Fsp3) is 0.333. The van der Waals surface area contributed by atoms with Gasteiger partial charge in [-0.2, -0.15) is 0 Å². The van der Waals surface area contributed by atoms with Crippen molar-refractivity contribution in [3.05, 3.63) is 75.3 Å². The number of benzene rings is 3. The first-order valence-electron chi connectivity index (χ1n) is 12.5. The highest BCUT2D eigenvalue weighted by Crippen LogP contribution is 2.34. The summed E-state index contributed by atoms with van der Waals surface area (Å²) in [6.45, 7) is 4.34. The number of nitro groups is 1. The molecule has 8 nitrogen and oxygen atoms in total. The standard InChI is InChI=1S/C27H28ClN5O3S/c28-23-9-5-6-20-21(23)7-4-8-22(20)26(34)29-27(37)32-16-14-30(15-17-32)19-10-11-24(33(35)36)25(18-19)31-12-2-1-3-13-31/h4-11,18H,1-3,12-17H2,(H,29,34,37). The van der Waals surface area contributed by atoms with E-state index in [1.807, 2.05) is 41.3 Å². The van der Waals surface area contributed by atoms with E-state index in [1.165, 1.54) is 0 Å². The highest BCUT2D eigenvalue weighted by Gasteiger charge is 2.25. The van der Waals surface area contributed by atoms with Crippen LogP contribution < -0.4 is 15.1 Å². The summed E-state index contributed by atoms with van der Waals surface area (Å²) >= 11 is 11.9. The third kappa shape index (κ3) is 5.33. The molecule has 5 rings (SSSR count). The number of hydrogen-bond acceptors (Lipinski definition) is 6. The van der Waals surface area contributed by atoms with Crippen molar-refractivity contribution in [2.75, 3.05) is 49.1 Å². The zero-order valence-electron chi connectivity index (χ0n) is 20.4. The van der Waals surface area contributed by atoms with Crippen molar-refractivity contribution >= 4 is 62.7 Å². The van der Waals surface area contributed by atoms with Crippen molar-refractivity contribution in [2.45, 2.75) is 19.3 Å². The summed E-state index contributed by atoms with van der Waals surface area (Å²) in [5.74, 6) is -0.262. The van der Waals surface area contributed by atoms with Gasteiger partial charge in [-0.25, -0.2) is 0 Å². The van der Waals surface area contributed by atoms with Crippen LogP contribution in [0, 0.1) is 10.1 Å². The zero-order valence-corrected chi connectivity index (χ0v) is 21.9. The number of nitrogens with one attached hydrogen (secondary N) is 1. The molecule has 0 saturated carbocycles. The summed E-state index contributed by atoms with van der Waals surface area (Å²) in [6.07, 6.45) is 3.26. The van der Waals surface area contributed by atoms with Crippen LogP contribution in [0.15, 0.2) is 54.6 Å². The molecule has 2 heterocycles. The fourth-order valence-corrected chi connectivity index (χ4v) is 5.64. The van der Waals surface area contributed by atoms with E-state index in [-0.39, 0.29) is 16.5 Å². The fourth-order valence-electron chi connectivity index (χ4n) is 5.13. The number of fused-ring (bicyclic) bond motifs is 1. The van der Waals surface area contributed by atoms with E-state index in [0.717, 1.165) is 48.8 Å². The minimum atomic E-state index is -0.295. The van der Waals surface area contributed by atoms with E-state index in [2.05, 4.69) is 15.1 Å². The maximum absolute atomic E-state index is 13.0. The highest BCUT2D eigenvalue weighted by atomic mass is 35.5. The summed E-state index contributed by atoms with van der Waals surface area (Å²) in [7, 11) is 0. The van der Waals surface area contributed by atoms with E-state index in [1.54, 1.807) is 18.2 Å². The van der Waals surface area contributed by atoms with Crippen LogP contribution in [0.1, 0.15) is 29.6 Å². The Kier molecular flexibility index (Phi) is 7.43. The average Bonchev–Trinajstić information content (AvgIpc) is 2.93. The predicted octanol–water partition coefficient (Wildman–Crippen LogP) is 5.23. The lowest BCUT2D eigenvalue weighted by molar-refractivity contribution is -0.384. The maximum Gasteiger partial charge on any atom is 0.292 e. The Labute approximate surface area is 225 Å². The molecule has 0 aliphatic carbocycles. The van der Waals surface area contributed by atoms with Crippen molar-refractivity contribution in [3.63, 3.8) is 0 Å². The lowest BCUT2D eigenvalue weighted by Crippen LogP contribution is -2.52. The van der Waals surface area contributed by atoms with Crippen molar-refractivity contribution in [1.82, 2.24) is 10.2 Å². The number of thiocarbonyl (C=S) groups is 1. The second-order valence-electron chi connectivity index (χ2n) is 9.35. The van der Waals surface area contributed by atoms with Crippen LogP contribution in [-0.2, 0) is 0 Å². The second kappa shape index (κ2) is 10.9. The van der Waals surface area contributed by atoms with Crippen LogP contribution >= 0.6 is 23.8 Å². The molecule has 0 radical (unpaired) electrons. The van der Waals surface area contributed by atoms with Crippen molar-refractivity contribution in [3.8, 4) is 0 Å². The van der Waals surface area contributed by atoms with Crippen LogP contribution in [0.2, 0.25) is 5.02 Å². The number of hydrogen-bond donors (Lipinski definition) is 1. The molecule has 0 atom stereocenters. The number of piperidine rings is 1. The molecule has 0 unspecified atom stereocenters. The van der Waals surface area contributed by atoms with Crippen LogP contribution in [-0.4, -0.2) is 60.1 Å². The van der Waals surface area contributed by atoms with Gasteiger partial charge in [0.2, 0.25) is 0 Å². The summed E-state index contributed by atoms with van der Waals surface area (Å²) < 4.78 is 0. The highest BCUT2D eigenvalue weighted by molar-refractivity contribution is 7.80. The van der Waals surface area contributed by atoms with Gasteiger partial charge in [-0.05, 0) is 61.1 Å². The van der Waals surface area contributed by atoms with E-state index in [9.17, 15) is 14.9 Å². The number of halogens is 1. The van der Waals surface area contributed by atoms with Crippen molar-refractivity contribution < 1.29 is 9.72 Å². The summed E-state index contributed by atoms with van der Waals surface area (Å²) in [5, 5.41) is 17.1. The van der Waals surface area contributed by atoms with Crippen molar-refractivity contribution in [1.29, 1.82) is 0 Å². The van der Waals surface area contributed by atoms with Crippen LogP contribution in [0.25, 0.3) is 10.8 Å². The third-order valence-corrected chi connectivity index (χ3v) is 7.81. The molecule has 2 aliphatic rings. The Morgan fingerprint density at radius 3 is 2.32 bits per heavy atom. The Hall–Kier alpha value is -3.43. The van der Waals surface area contributed by atoms with Gasteiger partial charge in [-0.15, -0.1) is 0 Å². The molecule has 192 valence electrons. The first-order valence-corrected chi connectivity index (χ1v) is 13.3. The monoisotopic (exact) mass is 537 g/mol. The van der Waals surface area contributed by atoms with E-state index < -0.39 is 0 Å². The maximum atomic E-state index is 13.0. The lowest BCUT2D eigenvalue weighted by Gasteiger charge is -2.37. The largest absolute Gasteiger partial charge is 0.368 e. The van der Waals surface area contributed by atoms with Gasteiger partial charge >= 0.3 is 0 Å². The van der Waals surface area contributed by atoms with Crippen LogP contribution in [0.5, 0.6) is 0 Å². The molecule has 37 heavy (non-hydrogen) atoms. The van der Waals surface area contributed by atoms with E-state index in [0.29, 0.717) is 47.6 Å². The quantitative estimate of drug-likeness (QED) is 0.277. The van der Waals surface area contributed by atoms with E-state index >= 15 is 0 Å². The average molecular weight is 538 g/mol. The van der Waals surface area contributed by atoms with Crippen molar-refractivity contribution in [2.24, 2.45) is 0 Å². The van der Waals surface area contributed by atoms with Gasteiger partial charge in [-0.3, -0.25) is 20.2 Å². The molecule has 2 fully saturated rings. The Morgan fingerprint density at radius 1 is 0.892 bits per heavy atom. The molecule has 10 heteroatoms. The number of piperazine rings is 1. The number of amides is 1. The number of nitro benzene ring substituents is 1. The van der Waals surface area contributed by atoms with Crippen LogP contribution in [0.3, 0.4) is 0 Å². The summed E-state index contributed by atoms with van der Waals surface area (Å²) in [6, 6.07) is 16.4. The SMILES string of the molecule is O=C(NC(=S)N1CCN(c2ccc([N+](=O)[O-])c(N3CCCCC3)c2)CC1)c1cccc2c(Cl)cccc12. The summed E-state index contributed by atoms with van der Waals surface area (Å²) in [5.41, 5.74) is 2.34. The molecule has 0 bridgehead atoms. The topological polar surface area (TPSA) is 82.0 Å². The Morgan fingerprint density at radius 2 is 1.59 bits per heavy atom. The Balaban J connectivity index is 1.24.